The zero-order chi connectivity index (χ0) is 17.3. The highest BCUT2D eigenvalue weighted by molar-refractivity contribution is 6.31. The van der Waals surface area contributed by atoms with Crippen LogP contribution < -0.4 is 24.8 Å². The molecule has 0 aliphatic carbocycles. The van der Waals surface area contributed by atoms with Gasteiger partial charge in [-0.3, -0.25) is 4.79 Å². The van der Waals surface area contributed by atoms with E-state index in [1.807, 2.05) is 0 Å². The molecule has 1 amide bonds. The highest BCUT2D eigenvalue weighted by Crippen LogP contribution is 2.39. The lowest BCUT2D eigenvalue weighted by molar-refractivity contribution is 0.0935. The van der Waals surface area contributed by atoms with Gasteiger partial charge in [0, 0.05) is 16.7 Å². The summed E-state index contributed by atoms with van der Waals surface area (Å²) in [6.07, 6.45) is -0.488. The van der Waals surface area contributed by atoms with Gasteiger partial charge in [-0.1, -0.05) is 11.6 Å². The van der Waals surface area contributed by atoms with E-state index in [0.717, 1.165) is 0 Å². The Hall–Kier alpha value is -2.60. The summed E-state index contributed by atoms with van der Waals surface area (Å²) in [5.41, 5.74) is 1.91. The third-order valence-corrected chi connectivity index (χ3v) is 4.08. The van der Waals surface area contributed by atoms with Crippen LogP contribution in [0.5, 0.6) is 17.2 Å². The fourth-order valence-corrected chi connectivity index (χ4v) is 2.84. The summed E-state index contributed by atoms with van der Waals surface area (Å²) in [6, 6.07) is 8.57. The monoisotopic (exact) mass is 348 g/mol. The summed E-state index contributed by atoms with van der Waals surface area (Å²) < 4.78 is 16.1. The maximum atomic E-state index is 12.4. The number of nitrogens with one attached hydrogen (secondary N) is 2. The van der Waals surface area contributed by atoms with Crippen LogP contribution in [0.25, 0.3) is 0 Å². The molecule has 0 spiro atoms. The van der Waals surface area contributed by atoms with Gasteiger partial charge in [0.05, 0.1) is 32.6 Å². The topological polar surface area (TPSA) is 68.8 Å². The van der Waals surface area contributed by atoms with Crippen molar-refractivity contribution in [2.75, 3.05) is 26.6 Å². The molecule has 0 radical (unpaired) electrons. The van der Waals surface area contributed by atoms with Crippen LogP contribution >= 0.6 is 11.6 Å². The maximum Gasteiger partial charge on any atom is 0.255 e. The first-order chi connectivity index (χ1) is 11.6. The lowest BCUT2D eigenvalue weighted by atomic mass is 10.0. The number of carbonyl (C=O) groups excluding carboxylic acids is 1. The Labute approximate surface area is 144 Å². The Morgan fingerprint density at radius 3 is 2.25 bits per heavy atom. The van der Waals surface area contributed by atoms with E-state index in [9.17, 15) is 4.79 Å². The molecule has 0 saturated heterocycles. The summed E-state index contributed by atoms with van der Waals surface area (Å²) in [7, 11) is 4.66. The number of methoxy groups -OCH3 is 3. The van der Waals surface area contributed by atoms with Gasteiger partial charge in [0.2, 0.25) is 0 Å². The minimum absolute atomic E-state index is 0.192. The average molecular weight is 349 g/mol. The van der Waals surface area contributed by atoms with Gasteiger partial charge in [-0.25, -0.2) is 0 Å². The van der Waals surface area contributed by atoms with Gasteiger partial charge in [0.1, 0.15) is 11.9 Å². The highest BCUT2D eigenvalue weighted by atomic mass is 35.5. The summed E-state index contributed by atoms with van der Waals surface area (Å²) in [6.45, 7) is 0. The van der Waals surface area contributed by atoms with E-state index >= 15 is 0 Å². The van der Waals surface area contributed by atoms with Crippen LogP contribution in [0.4, 0.5) is 5.69 Å². The van der Waals surface area contributed by atoms with Gasteiger partial charge in [0.15, 0.2) is 11.5 Å². The molecule has 24 heavy (non-hydrogen) atoms. The molecule has 7 heteroatoms. The Kier molecular flexibility index (Phi) is 4.40. The number of ether oxygens (including phenoxy) is 3. The predicted molar refractivity (Wildman–Crippen MR) is 91.4 cm³/mol. The molecule has 126 valence electrons. The Bertz CT molecular complexity index is 794. The molecular formula is C17H17ClN2O4. The SMILES string of the molecule is COc1cc(OC)c(C2NC(=O)c3ccc(Cl)cc3N2)cc1OC. The van der Waals surface area contributed by atoms with Crippen LogP contribution in [-0.2, 0) is 0 Å². The molecule has 1 aliphatic rings. The number of rotatable bonds is 4. The number of carbonyl (C=O) groups is 1. The first-order valence-electron chi connectivity index (χ1n) is 7.24. The standard InChI is InChI=1S/C17H17ClN2O4/c1-22-13-8-15(24-3)14(23-2)7-11(13)16-19-12-6-9(18)4-5-10(12)17(21)20-16/h4-8,16,19H,1-3H3,(H,20,21). The molecule has 1 unspecified atom stereocenters. The number of fused-ring (bicyclic) bond motifs is 1. The van der Waals surface area contributed by atoms with E-state index < -0.39 is 6.17 Å². The molecule has 0 aromatic heterocycles. The van der Waals surface area contributed by atoms with Crippen LogP contribution in [0.3, 0.4) is 0 Å². The lowest BCUT2D eigenvalue weighted by Gasteiger charge is -2.29. The van der Waals surface area contributed by atoms with Crippen molar-refractivity contribution in [3.63, 3.8) is 0 Å². The van der Waals surface area contributed by atoms with Crippen LogP contribution in [0.1, 0.15) is 22.1 Å². The minimum atomic E-state index is -0.488. The number of benzene rings is 2. The number of halogens is 1. The summed E-state index contributed by atoms with van der Waals surface area (Å²) in [5, 5.41) is 6.71. The number of hydrogen-bond acceptors (Lipinski definition) is 5. The van der Waals surface area contributed by atoms with E-state index in [1.54, 1.807) is 51.7 Å². The molecule has 3 rings (SSSR count). The van der Waals surface area contributed by atoms with Crippen LogP contribution in [0.2, 0.25) is 5.02 Å². The largest absolute Gasteiger partial charge is 0.496 e. The molecular weight excluding hydrogens is 332 g/mol. The van der Waals surface area contributed by atoms with Gasteiger partial charge >= 0.3 is 0 Å². The van der Waals surface area contributed by atoms with E-state index in [0.29, 0.717) is 39.1 Å². The molecule has 1 atom stereocenters. The molecule has 1 aliphatic heterocycles. The van der Waals surface area contributed by atoms with Gasteiger partial charge in [0.25, 0.3) is 5.91 Å². The van der Waals surface area contributed by atoms with E-state index in [1.165, 1.54) is 0 Å². The second-order valence-electron chi connectivity index (χ2n) is 5.19. The molecule has 1 heterocycles. The summed E-state index contributed by atoms with van der Waals surface area (Å²) in [5.74, 6) is 1.46. The Morgan fingerprint density at radius 2 is 1.58 bits per heavy atom. The highest BCUT2D eigenvalue weighted by Gasteiger charge is 2.28. The second kappa shape index (κ2) is 6.49. The number of amides is 1. The Morgan fingerprint density at radius 1 is 0.917 bits per heavy atom. The molecule has 0 fully saturated rings. The third kappa shape index (κ3) is 2.80. The molecule has 2 N–H and O–H groups in total. The fraction of sp³-hybridized carbons (Fsp3) is 0.235. The average Bonchev–Trinajstić information content (AvgIpc) is 2.59. The normalized spacial score (nSPS) is 15.8. The van der Waals surface area contributed by atoms with Crippen LogP contribution in [-0.4, -0.2) is 27.2 Å². The van der Waals surface area contributed by atoms with Crippen molar-refractivity contribution in [3.8, 4) is 17.2 Å². The third-order valence-electron chi connectivity index (χ3n) is 3.85. The van der Waals surface area contributed by atoms with Crippen molar-refractivity contribution in [1.82, 2.24) is 5.32 Å². The van der Waals surface area contributed by atoms with E-state index in [-0.39, 0.29) is 5.91 Å². The summed E-state index contributed by atoms with van der Waals surface area (Å²) in [4.78, 5) is 12.4. The first-order valence-corrected chi connectivity index (χ1v) is 7.62. The first kappa shape index (κ1) is 16.3. The second-order valence-corrected chi connectivity index (χ2v) is 5.63. The minimum Gasteiger partial charge on any atom is -0.496 e. The van der Waals surface area contributed by atoms with Gasteiger partial charge in [-0.15, -0.1) is 0 Å². The van der Waals surface area contributed by atoms with Gasteiger partial charge in [-0.2, -0.15) is 0 Å². The Balaban J connectivity index is 2.05. The molecule has 6 nitrogen and oxygen atoms in total. The lowest BCUT2D eigenvalue weighted by Crippen LogP contribution is -2.38. The van der Waals surface area contributed by atoms with Crippen molar-refractivity contribution < 1.29 is 19.0 Å². The zero-order valence-corrected chi connectivity index (χ0v) is 14.2. The zero-order valence-electron chi connectivity index (χ0n) is 13.5. The van der Waals surface area contributed by atoms with Gasteiger partial charge < -0.3 is 24.8 Å². The number of hydrogen-bond donors (Lipinski definition) is 2. The quantitative estimate of drug-likeness (QED) is 0.888. The maximum absolute atomic E-state index is 12.4. The van der Waals surface area contributed by atoms with Crippen molar-refractivity contribution in [2.24, 2.45) is 0 Å². The van der Waals surface area contributed by atoms with Gasteiger partial charge in [-0.05, 0) is 24.3 Å². The van der Waals surface area contributed by atoms with Crippen molar-refractivity contribution >= 4 is 23.2 Å². The van der Waals surface area contributed by atoms with Crippen molar-refractivity contribution in [3.05, 3.63) is 46.5 Å². The van der Waals surface area contributed by atoms with E-state index in [2.05, 4.69) is 10.6 Å². The van der Waals surface area contributed by atoms with Crippen molar-refractivity contribution in [1.29, 1.82) is 0 Å². The molecule has 0 saturated carbocycles. The fourth-order valence-electron chi connectivity index (χ4n) is 2.67. The van der Waals surface area contributed by atoms with Crippen LogP contribution in [0.15, 0.2) is 30.3 Å². The predicted octanol–water partition coefficient (Wildman–Crippen LogP) is 3.22. The number of anilines is 1. The van der Waals surface area contributed by atoms with Crippen molar-refractivity contribution in [2.45, 2.75) is 6.17 Å². The molecule has 2 aromatic carbocycles. The summed E-state index contributed by atoms with van der Waals surface area (Å²) >= 11 is 6.03. The molecule has 2 aromatic rings. The molecule has 0 bridgehead atoms. The van der Waals surface area contributed by atoms with E-state index in [4.69, 9.17) is 25.8 Å². The smallest absolute Gasteiger partial charge is 0.255 e. The van der Waals surface area contributed by atoms with Crippen LogP contribution in [0, 0.1) is 0 Å².